The summed E-state index contributed by atoms with van der Waals surface area (Å²) in [7, 11) is 1.81. The summed E-state index contributed by atoms with van der Waals surface area (Å²) in [5, 5.41) is 12.6. The summed E-state index contributed by atoms with van der Waals surface area (Å²) in [5.74, 6) is 0.192. The van der Waals surface area contributed by atoms with Crippen LogP contribution in [0.5, 0.6) is 0 Å². The minimum Gasteiger partial charge on any atom is -0.324 e. The van der Waals surface area contributed by atoms with E-state index in [0.717, 1.165) is 39.0 Å². The van der Waals surface area contributed by atoms with Crippen LogP contribution in [-0.2, 0) is 7.05 Å². The lowest BCUT2D eigenvalue weighted by molar-refractivity contribution is 0.102. The Bertz CT molecular complexity index is 1500. The molecule has 1 amide bonds. The lowest BCUT2D eigenvalue weighted by Gasteiger charge is -2.12. The van der Waals surface area contributed by atoms with Gasteiger partial charge >= 0.3 is 0 Å². The van der Waals surface area contributed by atoms with E-state index in [-0.39, 0.29) is 5.91 Å². The van der Waals surface area contributed by atoms with Crippen LogP contribution in [0, 0.1) is 13.8 Å². The summed E-state index contributed by atoms with van der Waals surface area (Å²) < 4.78 is 1.67. The number of hydrogen-bond donors (Lipinski definition) is 2. The van der Waals surface area contributed by atoms with Crippen LogP contribution in [0.4, 0.5) is 17.3 Å². The molecule has 2 aromatic carbocycles. The first-order valence-electron chi connectivity index (χ1n) is 10.8. The number of rotatable bonds is 5. The molecule has 3 aromatic heterocycles. The standard InChI is InChI=1S/C26H23N7O/c1-16-8-9-19(29-25(34)24-12-17(2)33(3)32-24)13-23(16)31-26-28-11-10-22(30-26)21-15-27-14-18-6-4-5-7-20(18)21/h4-15H,1-3H3,(H,29,34)(H,28,30,31). The van der Waals surface area contributed by atoms with Gasteiger partial charge in [0.1, 0.15) is 0 Å². The Labute approximate surface area is 196 Å². The summed E-state index contributed by atoms with van der Waals surface area (Å²) in [4.78, 5) is 26.1. The molecule has 0 fully saturated rings. The van der Waals surface area contributed by atoms with Crippen molar-refractivity contribution in [1.29, 1.82) is 0 Å². The number of aromatic nitrogens is 5. The molecule has 0 saturated carbocycles. The molecule has 8 nitrogen and oxygen atoms in total. The quantitative estimate of drug-likeness (QED) is 0.390. The van der Waals surface area contributed by atoms with E-state index in [9.17, 15) is 4.79 Å². The monoisotopic (exact) mass is 449 g/mol. The molecule has 0 aliphatic heterocycles. The first-order valence-corrected chi connectivity index (χ1v) is 10.8. The Hall–Kier alpha value is -4.59. The van der Waals surface area contributed by atoms with Crippen LogP contribution in [0.15, 0.2) is 73.2 Å². The van der Waals surface area contributed by atoms with Gasteiger partial charge in [-0.1, -0.05) is 30.3 Å². The zero-order valence-electron chi connectivity index (χ0n) is 19.1. The van der Waals surface area contributed by atoms with Crippen molar-refractivity contribution in [2.45, 2.75) is 13.8 Å². The molecule has 5 rings (SSSR count). The van der Waals surface area contributed by atoms with Crippen molar-refractivity contribution in [3.8, 4) is 11.3 Å². The van der Waals surface area contributed by atoms with Crippen molar-refractivity contribution >= 4 is 34.0 Å². The maximum atomic E-state index is 12.6. The van der Waals surface area contributed by atoms with Crippen LogP contribution in [-0.4, -0.2) is 30.6 Å². The lowest BCUT2D eigenvalue weighted by Crippen LogP contribution is -2.13. The van der Waals surface area contributed by atoms with Gasteiger partial charge in [-0.25, -0.2) is 9.97 Å². The molecule has 34 heavy (non-hydrogen) atoms. The normalized spacial score (nSPS) is 10.9. The fraction of sp³-hybridized carbons (Fsp3) is 0.115. The van der Waals surface area contributed by atoms with Crippen molar-refractivity contribution in [2.24, 2.45) is 7.05 Å². The van der Waals surface area contributed by atoms with Gasteiger partial charge in [0.15, 0.2) is 5.69 Å². The number of benzene rings is 2. The van der Waals surface area contributed by atoms with Crippen LogP contribution in [0.2, 0.25) is 0 Å². The molecule has 8 heteroatoms. The largest absolute Gasteiger partial charge is 0.324 e. The van der Waals surface area contributed by atoms with Crippen LogP contribution in [0.3, 0.4) is 0 Å². The number of anilines is 3. The van der Waals surface area contributed by atoms with Gasteiger partial charge in [0, 0.05) is 53.7 Å². The first-order chi connectivity index (χ1) is 16.5. The van der Waals surface area contributed by atoms with E-state index in [1.807, 2.05) is 75.8 Å². The molecule has 2 N–H and O–H groups in total. The molecule has 0 unspecified atom stereocenters. The average Bonchev–Trinajstić information content (AvgIpc) is 3.19. The molecular formula is C26H23N7O. The molecule has 0 spiro atoms. The van der Waals surface area contributed by atoms with Crippen LogP contribution < -0.4 is 10.6 Å². The van der Waals surface area contributed by atoms with Crippen molar-refractivity contribution in [3.05, 3.63) is 90.1 Å². The van der Waals surface area contributed by atoms with E-state index in [4.69, 9.17) is 4.98 Å². The molecule has 0 aliphatic rings. The fourth-order valence-electron chi connectivity index (χ4n) is 3.71. The molecule has 5 aromatic rings. The predicted molar refractivity (Wildman–Crippen MR) is 133 cm³/mol. The molecule has 0 atom stereocenters. The molecule has 168 valence electrons. The van der Waals surface area contributed by atoms with Crippen molar-refractivity contribution in [3.63, 3.8) is 0 Å². The number of carbonyl (C=O) groups is 1. The highest BCUT2D eigenvalue weighted by atomic mass is 16.1. The van der Waals surface area contributed by atoms with Crippen LogP contribution >= 0.6 is 0 Å². The van der Waals surface area contributed by atoms with Gasteiger partial charge in [-0.05, 0) is 49.1 Å². The zero-order valence-corrected chi connectivity index (χ0v) is 19.1. The van der Waals surface area contributed by atoms with E-state index >= 15 is 0 Å². The van der Waals surface area contributed by atoms with Gasteiger partial charge in [-0.3, -0.25) is 14.5 Å². The Morgan fingerprint density at radius 1 is 1.00 bits per heavy atom. The lowest BCUT2D eigenvalue weighted by atomic mass is 10.1. The van der Waals surface area contributed by atoms with Crippen molar-refractivity contribution in [1.82, 2.24) is 24.7 Å². The third kappa shape index (κ3) is 4.21. The molecule has 0 radical (unpaired) electrons. The van der Waals surface area contributed by atoms with E-state index < -0.39 is 0 Å². The topological polar surface area (TPSA) is 97.6 Å². The number of amides is 1. The minimum atomic E-state index is -0.264. The SMILES string of the molecule is Cc1ccc(NC(=O)c2cc(C)n(C)n2)cc1Nc1nccc(-c2cncc3ccccc23)n1. The number of hydrogen-bond acceptors (Lipinski definition) is 6. The summed E-state index contributed by atoms with van der Waals surface area (Å²) in [6, 6.07) is 17.3. The highest BCUT2D eigenvalue weighted by molar-refractivity contribution is 6.03. The van der Waals surface area contributed by atoms with Gasteiger partial charge in [0.05, 0.1) is 5.69 Å². The number of pyridine rings is 1. The Morgan fingerprint density at radius 3 is 2.68 bits per heavy atom. The van der Waals surface area contributed by atoms with Gasteiger partial charge in [0.25, 0.3) is 5.91 Å². The molecule has 3 heterocycles. The van der Waals surface area contributed by atoms with E-state index in [1.165, 1.54) is 0 Å². The van der Waals surface area contributed by atoms with Gasteiger partial charge in [0.2, 0.25) is 5.95 Å². The highest BCUT2D eigenvalue weighted by Gasteiger charge is 2.13. The third-order valence-corrected chi connectivity index (χ3v) is 5.69. The average molecular weight is 450 g/mol. The smallest absolute Gasteiger partial charge is 0.276 e. The Kier molecular flexibility index (Phi) is 5.47. The van der Waals surface area contributed by atoms with E-state index in [0.29, 0.717) is 17.3 Å². The van der Waals surface area contributed by atoms with Gasteiger partial charge in [-0.2, -0.15) is 5.10 Å². The number of nitrogens with zero attached hydrogens (tertiary/aromatic N) is 5. The minimum absolute atomic E-state index is 0.264. The number of nitrogens with one attached hydrogen (secondary N) is 2. The number of aryl methyl sites for hydroxylation is 3. The maximum Gasteiger partial charge on any atom is 0.276 e. The number of fused-ring (bicyclic) bond motifs is 1. The second-order valence-corrected chi connectivity index (χ2v) is 8.08. The van der Waals surface area contributed by atoms with Crippen LogP contribution in [0.25, 0.3) is 22.0 Å². The number of carbonyl (C=O) groups excluding carboxylic acids is 1. The zero-order chi connectivity index (χ0) is 23.7. The summed E-state index contributed by atoms with van der Waals surface area (Å²) in [6.45, 7) is 3.88. The summed E-state index contributed by atoms with van der Waals surface area (Å²) in [6.07, 6.45) is 5.38. The maximum absolute atomic E-state index is 12.6. The summed E-state index contributed by atoms with van der Waals surface area (Å²) in [5.41, 5.74) is 5.43. The molecule has 0 aliphatic carbocycles. The second kappa shape index (κ2) is 8.74. The predicted octanol–water partition coefficient (Wildman–Crippen LogP) is 5.04. The van der Waals surface area contributed by atoms with Gasteiger partial charge < -0.3 is 10.6 Å². The summed E-state index contributed by atoms with van der Waals surface area (Å²) >= 11 is 0. The highest BCUT2D eigenvalue weighted by Crippen LogP contribution is 2.28. The second-order valence-electron chi connectivity index (χ2n) is 8.08. The Balaban J connectivity index is 1.41. The van der Waals surface area contributed by atoms with Crippen molar-refractivity contribution in [2.75, 3.05) is 10.6 Å². The van der Waals surface area contributed by atoms with E-state index in [1.54, 1.807) is 16.9 Å². The third-order valence-electron chi connectivity index (χ3n) is 5.69. The first kappa shape index (κ1) is 21.3. The molecule has 0 bridgehead atoms. The molecular weight excluding hydrogens is 426 g/mol. The van der Waals surface area contributed by atoms with Crippen LogP contribution in [0.1, 0.15) is 21.7 Å². The van der Waals surface area contributed by atoms with Gasteiger partial charge in [-0.15, -0.1) is 0 Å². The fourth-order valence-corrected chi connectivity index (χ4v) is 3.71. The Morgan fingerprint density at radius 2 is 1.85 bits per heavy atom. The molecule has 0 saturated heterocycles. The van der Waals surface area contributed by atoms with Crippen molar-refractivity contribution < 1.29 is 4.79 Å². The van der Waals surface area contributed by atoms with E-state index in [2.05, 4.69) is 31.8 Å².